The molecule has 0 atom stereocenters. The quantitative estimate of drug-likeness (QED) is 0.540. The predicted octanol–water partition coefficient (Wildman–Crippen LogP) is 4.44. The van der Waals surface area contributed by atoms with Gasteiger partial charge in [0.15, 0.2) is 11.5 Å². The van der Waals surface area contributed by atoms with Crippen LogP contribution in [-0.4, -0.2) is 50.9 Å². The van der Waals surface area contributed by atoms with Crippen molar-refractivity contribution >= 4 is 34.4 Å². The average molecular weight is 448 g/mol. The highest BCUT2D eigenvalue weighted by Gasteiger charge is 2.14. The third-order valence-electron chi connectivity index (χ3n) is 5.52. The monoisotopic (exact) mass is 447 g/mol. The molecule has 0 bridgehead atoms. The molecular formula is C26H29N3O4. The minimum Gasteiger partial charge on any atom is -0.493 e. The molecule has 0 aliphatic carbocycles. The van der Waals surface area contributed by atoms with Crippen molar-refractivity contribution in [3.8, 4) is 11.5 Å². The molecule has 4 rings (SSSR count). The predicted molar refractivity (Wildman–Crippen MR) is 131 cm³/mol. The summed E-state index contributed by atoms with van der Waals surface area (Å²) in [6, 6.07) is 13.4. The molecule has 1 aromatic heterocycles. The Kier molecular flexibility index (Phi) is 7.10. The van der Waals surface area contributed by atoms with E-state index in [1.54, 1.807) is 13.2 Å². The number of methoxy groups -OCH3 is 1. The lowest BCUT2D eigenvalue weighted by Gasteiger charge is -2.28. The zero-order valence-corrected chi connectivity index (χ0v) is 19.3. The van der Waals surface area contributed by atoms with Crippen LogP contribution >= 0.6 is 0 Å². The zero-order valence-electron chi connectivity index (χ0n) is 19.3. The van der Waals surface area contributed by atoms with Gasteiger partial charge in [0, 0.05) is 30.2 Å². The van der Waals surface area contributed by atoms with Gasteiger partial charge in [-0.2, -0.15) is 0 Å². The number of rotatable bonds is 7. The Morgan fingerprint density at radius 2 is 1.97 bits per heavy atom. The number of pyridine rings is 1. The topological polar surface area (TPSA) is 72.9 Å². The normalized spacial score (nSPS) is 14.0. The largest absolute Gasteiger partial charge is 0.493 e. The number of carbonyl (C=O) groups excluding carboxylic acids is 1. The smallest absolute Gasteiger partial charge is 0.248 e. The number of ether oxygens (including phenoxy) is 3. The number of nitrogens with zero attached hydrogens (tertiary/aromatic N) is 2. The van der Waals surface area contributed by atoms with Gasteiger partial charge in [0.1, 0.15) is 5.82 Å². The number of nitrogens with one attached hydrogen (secondary N) is 1. The number of amides is 1. The van der Waals surface area contributed by atoms with Gasteiger partial charge < -0.3 is 24.4 Å². The van der Waals surface area contributed by atoms with Crippen molar-refractivity contribution in [3.63, 3.8) is 0 Å². The second-order valence-corrected chi connectivity index (χ2v) is 7.79. The molecule has 0 radical (unpaired) electrons. The van der Waals surface area contributed by atoms with Crippen molar-refractivity contribution in [1.82, 2.24) is 4.98 Å². The summed E-state index contributed by atoms with van der Waals surface area (Å²) in [7, 11) is 1.60. The molecule has 2 heterocycles. The number of hydrogen-bond acceptors (Lipinski definition) is 6. The molecular weight excluding hydrogens is 418 g/mol. The molecule has 172 valence electrons. The summed E-state index contributed by atoms with van der Waals surface area (Å²) in [5.74, 6) is 2.07. The number of anilines is 2. The molecule has 7 nitrogen and oxygen atoms in total. The summed E-state index contributed by atoms with van der Waals surface area (Å²) in [6.45, 7) is 7.69. The van der Waals surface area contributed by atoms with Crippen LogP contribution in [0.15, 0.2) is 48.5 Å². The average Bonchev–Trinajstić information content (AvgIpc) is 2.84. The highest BCUT2D eigenvalue weighted by Crippen LogP contribution is 2.29. The Hall–Kier alpha value is -3.58. The Morgan fingerprint density at radius 3 is 2.73 bits per heavy atom. The van der Waals surface area contributed by atoms with Crippen LogP contribution in [0, 0.1) is 6.92 Å². The van der Waals surface area contributed by atoms with Crippen LogP contribution in [0.3, 0.4) is 0 Å². The van der Waals surface area contributed by atoms with Crippen molar-refractivity contribution in [1.29, 1.82) is 0 Å². The van der Waals surface area contributed by atoms with E-state index >= 15 is 0 Å². The second kappa shape index (κ2) is 10.4. The van der Waals surface area contributed by atoms with Crippen LogP contribution in [-0.2, 0) is 9.53 Å². The van der Waals surface area contributed by atoms with Gasteiger partial charge in [-0.25, -0.2) is 4.98 Å². The SMILES string of the molecule is CCOc1ccc(/C=C/C(=O)Nc2ccc3nc(N4CCOCC4)cc(C)c3c2)cc1OC. The van der Waals surface area contributed by atoms with Gasteiger partial charge in [-0.1, -0.05) is 6.07 Å². The summed E-state index contributed by atoms with van der Waals surface area (Å²) in [6.07, 6.45) is 3.25. The lowest BCUT2D eigenvalue weighted by molar-refractivity contribution is -0.111. The molecule has 1 fully saturated rings. The van der Waals surface area contributed by atoms with E-state index in [-0.39, 0.29) is 5.91 Å². The molecule has 0 unspecified atom stereocenters. The van der Waals surface area contributed by atoms with Gasteiger partial charge in [-0.3, -0.25) is 4.79 Å². The number of aromatic nitrogens is 1. The van der Waals surface area contributed by atoms with Crippen molar-refractivity contribution in [2.24, 2.45) is 0 Å². The molecule has 1 N–H and O–H groups in total. The summed E-state index contributed by atoms with van der Waals surface area (Å²) in [5.41, 5.74) is 3.60. The molecule has 1 saturated heterocycles. The fourth-order valence-electron chi connectivity index (χ4n) is 3.83. The zero-order chi connectivity index (χ0) is 23.2. The van der Waals surface area contributed by atoms with Crippen molar-refractivity contribution in [3.05, 3.63) is 59.7 Å². The third-order valence-corrected chi connectivity index (χ3v) is 5.52. The minimum absolute atomic E-state index is 0.210. The van der Waals surface area contributed by atoms with Crippen LogP contribution in [0.5, 0.6) is 11.5 Å². The highest BCUT2D eigenvalue weighted by molar-refractivity contribution is 6.03. The number of fused-ring (bicyclic) bond motifs is 1. The lowest BCUT2D eigenvalue weighted by atomic mass is 10.1. The first-order valence-corrected chi connectivity index (χ1v) is 11.1. The van der Waals surface area contributed by atoms with Crippen molar-refractivity contribution in [2.75, 3.05) is 50.2 Å². The molecule has 1 aliphatic heterocycles. The molecule has 1 amide bonds. The molecule has 2 aromatic carbocycles. The first-order valence-electron chi connectivity index (χ1n) is 11.1. The van der Waals surface area contributed by atoms with Gasteiger partial charge in [-0.05, 0) is 67.4 Å². The standard InChI is InChI=1S/C26H29N3O4/c1-4-33-23-9-5-19(16-24(23)31-3)6-10-26(30)27-20-7-8-22-21(17-20)18(2)15-25(28-22)29-11-13-32-14-12-29/h5-10,15-17H,4,11-14H2,1-3H3,(H,27,30)/b10-6+. The summed E-state index contributed by atoms with van der Waals surface area (Å²) in [5, 5.41) is 3.95. The van der Waals surface area contributed by atoms with E-state index in [0.717, 1.165) is 59.8 Å². The van der Waals surface area contributed by atoms with Crippen LogP contribution in [0.4, 0.5) is 11.5 Å². The van der Waals surface area contributed by atoms with E-state index < -0.39 is 0 Å². The molecule has 0 saturated carbocycles. The van der Waals surface area contributed by atoms with E-state index in [1.807, 2.05) is 43.3 Å². The number of carbonyl (C=O) groups is 1. The number of benzene rings is 2. The van der Waals surface area contributed by atoms with Gasteiger partial charge >= 0.3 is 0 Å². The minimum atomic E-state index is -0.210. The summed E-state index contributed by atoms with van der Waals surface area (Å²) in [4.78, 5) is 19.6. The Labute approximate surface area is 194 Å². The van der Waals surface area contributed by atoms with Crippen LogP contribution < -0.4 is 19.7 Å². The molecule has 1 aliphatic rings. The number of aryl methyl sites for hydroxylation is 1. The Balaban J connectivity index is 1.47. The van der Waals surface area contributed by atoms with Gasteiger partial charge in [0.2, 0.25) is 5.91 Å². The van der Waals surface area contributed by atoms with Gasteiger partial charge in [-0.15, -0.1) is 0 Å². The first kappa shape index (κ1) is 22.6. The summed E-state index contributed by atoms with van der Waals surface area (Å²) >= 11 is 0. The van der Waals surface area contributed by atoms with Crippen LogP contribution in [0.2, 0.25) is 0 Å². The maximum absolute atomic E-state index is 12.5. The number of morpholine rings is 1. The van der Waals surface area contributed by atoms with E-state index in [2.05, 4.69) is 23.2 Å². The van der Waals surface area contributed by atoms with Crippen LogP contribution in [0.1, 0.15) is 18.1 Å². The third kappa shape index (κ3) is 5.43. The van der Waals surface area contributed by atoms with Crippen molar-refractivity contribution in [2.45, 2.75) is 13.8 Å². The second-order valence-electron chi connectivity index (χ2n) is 7.79. The lowest BCUT2D eigenvalue weighted by Crippen LogP contribution is -2.36. The van der Waals surface area contributed by atoms with Crippen molar-refractivity contribution < 1.29 is 19.0 Å². The molecule has 33 heavy (non-hydrogen) atoms. The van der Waals surface area contributed by atoms with E-state index in [1.165, 1.54) is 6.08 Å². The van der Waals surface area contributed by atoms with Gasteiger partial charge in [0.25, 0.3) is 0 Å². The molecule has 3 aromatic rings. The maximum Gasteiger partial charge on any atom is 0.248 e. The number of hydrogen-bond donors (Lipinski definition) is 1. The van der Waals surface area contributed by atoms with E-state index in [9.17, 15) is 4.79 Å². The Bertz CT molecular complexity index is 1170. The van der Waals surface area contributed by atoms with Gasteiger partial charge in [0.05, 0.1) is 32.4 Å². The highest BCUT2D eigenvalue weighted by atomic mass is 16.5. The molecule has 7 heteroatoms. The molecule has 0 spiro atoms. The fourth-order valence-corrected chi connectivity index (χ4v) is 3.83. The van der Waals surface area contributed by atoms with E-state index in [4.69, 9.17) is 19.2 Å². The van der Waals surface area contributed by atoms with Crippen LogP contribution in [0.25, 0.3) is 17.0 Å². The maximum atomic E-state index is 12.5. The van der Waals surface area contributed by atoms with E-state index in [0.29, 0.717) is 18.1 Å². The fraction of sp³-hybridized carbons (Fsp3) is 0.308. The Morgan fingerprint density at radius 1 is 1.15 bits per heavy atom. The first-order chi connectivity index (χ1) is 16.1. The summed E-state index contributed by atoms with van der Waals surface area (Å²) < 4.78 is 16.3.